The first-order chi connectivity index (χ1) is 10.1. The Hall–Kier alpha value is -1.01. The second-order valence-electron chi connectivity index (χ2n) is 5.16. The van der Waals surface area contributed by atoms with E-state index in [2.05, 4.69) is 24.0 Å². The first kappa shape index (κ1) is 18.0. The van der Waals surface area contributed by atoms with Crippen LogP contribution in [0, 0.1) is 0 Å². The molecule has 0 aromatic heterocycles. The van der Waals surface area contributed by atoms with Gasteiger partial charge in [-0.15, -0.1) is 0 Å². The molecule has 4 nitrogen and oxygen atoms in total. The maximum Gasteiger partial charge on any atom is 0.0816 e. The number of methoxy groups -OCH3 is 2. The van der Waals surface area contributed by atoms with Gasteiger partial charge in [-0.05, 0) is 12.5 Å². The quantitative estimate of drug-likeness (QED) is 0.670. The first-order valence-electron chi connectivity index (χ1n) is 7.16. The SMILES string of the molecule is COCCN(CC(C(N)=S)c1ccccc1)C(C)COC. The molecule has 0 heterocycles. The molecule has 0 spiro atoms. The average molecular weight is 310 g/mol. The van der Waals surface area contributed by atoms with Gasteiger partial charge in [-0.3, -0.25) is 4.90 Å². The molecule has 1 rings (SSSR count). The van der Waals surface area contributed by atoms with E-state index in [0.717, 1.165) is 18.7 Å². The van der Waals surface area contributed by atoms with Crippen LogP contribution in [0.15, 0.2) is 30.3 Å². The highest BCUT2D eigenvalue weighted by Gasteiger charge is 2.22. The van der Waals surface area contributed by atoms with E-state index in [-0.39, 0.29) is 12.0 Å². The van der Waals surface area contributed by atoms with Crippen LogP contribution in [0.1, 0.15) is 18.4 Å². The topological polar surface area (TPSA) is 47.7 Å². The van der Waals surface area contributed by atoms with Gasteiger partial charge in [-0.1, -0.05) is 42.5 Å². The molecule has 0 radical (unpaired) electrons. The summed E-state index contributed by atoms with van der Waals surface area (Å²) in [6.45, 7) is 5.08. The minimum atomic E-state index is 0.0392. The second kappa shape index (κ2) is 9.84. The zero-order chi connectivity index (χ0) is 15.7. The molecule has 21 heavy (non-hydrogen) atoms. The van der Waals surface area contributed by atoms with E-state index in [1.165, 1.54) is 0 Å². The summed E-state index contributed by atoms with van der Waals surface area (Å²) in [4.78, 5) is 2.83. The Bertz CT molecular complexity index is 414. The Morgan fingerprint density at radius 3 is 2.43 bits per heavy atom. The zero-order valence-electron chi connectivity index (χ0n) is 13.1. The van der Waals surface area contributed by atoms with Gasteiger partial charge in [0, 0.05) is 39.3 Å². The second-order valence-corrected chi connectivity index (χ2v) is 5.63. The van der Waals surface area contributed by atoms with Crippen LogP contribution >= 0.6 is 12.2 Å². The molecule has 2 atom stereocenters. The molecule has 0 aliphatic heterocycles. The van der Waals surface area contributed by atoms with Crippen molar-refractivity contribution in [2.24, 2.45) is 5.73 Å². The molecule has 118 valence electrons. The van der Waals surface area contributed by atoms with Crippen LogP contribution < -0.4 is 5.73 Å². The summed E-state index contributed by atoms with van der Waals surface area (Å²) in [5.41, 5.74) is 7.11. The Morgan fingerprint density at radius 2 is 1.90 bits per heavy atom. The standard InChI is InChI=1S/C16H26N2O2S/c1-13(12-20-3)18(9-10-19-2)11-15(16(17)21)14-7-5-4-6-8-14/h4-8,13,15H,9-12H2,1-3H3,(H2,17,21). The molecule has 0 fully saturated rings. The van der Waals surface area contributed by atoms with Crippen LogP contribution in [0.25, 0.3) is 0 Å². The van der Waals surface area contributed by atoms with Crippen LogP contribution in [-0.2, 0) is 9.47 Å². The van der Waals surface area contributed by atoms with Gasteiger partial charge in [0.05, 0.1) is 18.2 Å². The van der Waals surface area contributed by atoms with E-state index in [4.69, 9.17) is 27.4 Å². The Morgan fingerprint density at radius 1 is 1.24 bits per heavy atom. The summed E-state index contributed by atoms with van der Waals surface area (Å²) in [7, 11) is 3.43. The van der Waals surface area contributed by atoms with Crippen molar-refractivity contribution >= 4 is 17.2 Å². The first-order valence-corrected chi connectivity index (χ1v) is 7.57. The lowest BCUT2D eigenvalue weighted by Crippen LogP contribution is -2.43. The van der Waals surface area contributed by atoms with E-state index < -0.39 is 0 Å². The summed E-state index contributed by atoms with van der Waals surface area (Å²) >= 11 is 5.27. The molecule has 0 aliphatic rings. The monoisotopic (exact) mass is 310 g/mol. The van der Waals surface area contributed by atoms with Crippen molar-refractivity contribution in [3.8, 4) is 0 Å². The lowest BCUT2D eigenvalue weighted by molar-refractivity contribution is 0.0744. The third kappa shape index (κ3) is 6.09. The predicted molar refractivity (Wildman–Crippen MR) is 90.8 cm³/mol. The number of thiocarbonyl (C=S) groups is 1. The number of hydrogen-bond donors (Lipinski definition) is 1. The highest BCUT2D eigenvalue weighted by atomic mass is 32.1. The molecule has 2 unspecified atom stereocenters. The van der Waals surface area contributed by atoms with Crippen molar-refractivity contribution < 1.29 is 9.47 Å². The van der Waals surface area contributed by atoms with Crippen LogP contribution in [0.4, 0.5) is 0 Å². The van der Waals surface area contributed by atoms with Crippen LogP contribution in [0.5, 0.6) is 0 Å². The molecule has 0 saturated heterocycles. The average Bonchev–Trinajstić information content (AvgIpc) is 2.48. The number of rotatable bonds is 10. The summed E-state index contributed by atoms with van der Waals surface area (Å²) in [5, 5.41) is 0. The molecule has 2 N–H and O–H groups in total. The van der Waals surface area contributed by atoms with Crippen molar-refractivity contribution in [3.63, 3.8) is 0 Å². The lowest BCUT2D eigenvalue weighted by Gasteiger charge is -2.32. The number of hydrogen-bond acceptors (Lipinski definition) is 4. The lowest BCUT2D eigenvalue weighted by atomic mass is 9.98. The van der Waals surface area contributed by atoms with Crippen LogP contribution in [0.3, 0.4) is 0 Å². The number of benzene rings is 1. The maximum absolute atomic E-state index is 5.96. The third-order valence-corrected chi connectivity index (χ3v) is 3.86. The minimum Gasteiger partial charge on any atom is -0.393 e. The molecule has 0 bridgehead atoms. The summed E-state index contributed by atoms with van der Waals surface area (Å²) in [5.74, 6) is 0.0392. The smallest absolute Gasteiger partial charge is 0.0816 e. The van der Waals surface area contributed by atoms with Crippen LogP contribution in [0.2, 0.25) is 0 Å². The third-order valence-electron chi connectivity index (χ3n) is 3.58. The van der Waals surface area contributed by atoms with E-state index in [1.54, 1.807) is 14.2 Å². The zero-order valence-corrected chi connectivity index (χ0v) is 13.9. The molecule has 5 heteroatoms. The van der Waals surface area contributed by atoms with Crippen molar-refractivity contribution in [2.45, 2.75) is 18.9 Å². The Balaban J connectivity index is 2.83. The van der Waals surface area contributed by atoms with Gasteiger partial charge in [0.25, 0.3) is 0 Å². The van der Waals surface area contributed by atoms with E-state index in [0.29, 0.717) is 18.2 Å². The Labute approximate surface area is 133 Å². The number of nitrogens with zero attached hydrogens (tertiary/aromatic N) is 1. The highest BCUT2D eigenvalue weighted by Crippen LogP contribution is 2.19. The summed E-state index contributed by atoms with van der Waals surface area (Å²) < 4.78 is 10.5. The van der Waals surface area contributed by atoms with E-state index in [9.17, 15) is 0 Å². The fourth-order valence-electron chi connectivity index (χ4n) is 2.33. The van der Waals surface area contributed by atoms with Crippen molar-refractivity contribution in [2.75, 3.05) is 40.5 Å². The molecule has 0 aliphatic carbocycles. The highest BCUT2D eigenvalue weighted by molar-refractivity contribution is 7.80. The van der Waals surface area contributed by atoms with Gasteiger partial charge in [0.15, 0.2) is 0 Å². The van der Waals surface area contributed by atoms with Gasteiger partial charge >= 0.3 is 0 Å². The summed E-state index contributed by atoms with van der Waals surface area (Å²) in [6, 6.07) is 10.4. The molecule has 1 aromatic rings. The summed E-state index contributed by atoms with van der Waals surface area (Å²) in [6.07, 6.45) is 0. The molecule has 1 aromatic carbocycles. The van der Waals surface area contributed by atoms with Crippen molar-refractivity contribution in [1.29, 1.82) is 0 Å². The molecular formula is C16H26N2O2S. The van der Waals surface area contributed by atoms with Gasteiger partial charge < -0.3 is 15.2 Å². The Kier molecular flexibility index (Phi) is 8.45. The van der Waals surface area contributed by atoms with Crippen molar-refractivity contribution in [3.05, 3.63) is 35.9 Å². The number of nitrogens with two attached hydrogens (primary N) is 1. The van der Waals surface area contributed by atoms with E-state index in [1.807, 2.05) is 18.2 Å². The fourth-order valence-corrected chi connectivity index (χ4v) is 2.54. The largest absolute Gasteiger partial charge is 0.393 e. The fraction of sp³-hybridized carbons (Fsp3) is 0.562. The molecule has 0 saturated carbocycles. The minimum absolute atomic E-state index is 0.0392. The van der Waals surface area contributed by atoms with Gasteiger partial charge in [-0.2, -0.15) is 0 Å². The van der Waals surface area contributed by atoms with Gasteiger partial charge in [-0.25, -0.2) is 0 Å². The number of ether oxygens (including phenoxy) is 2. The van der Waals surface area contributed by atoms with Crippen LogP contribution in [-0.4, -0.2) is 56.5 Å². The predicted octanol–water partition coefficient (Wildman–Crippen LogP) is 2.04. The normalized spacial score (nSPS) is 14.1. The molecule has 0 amide bonds. The van der Waals surface area contributed by atoms with Gasteiger partial charge in [0.1, 0.15) is 0 Å². The van der Waals surface area contributed by atoms with E-state index >= 15 is 0 Å². The molecular weight excluding hydrogens is 284 g/mol. The van der Waals surface area contributed by atoms with Gasteiger partial charge in [0.2, 0.25) is 0 Å². The van der Waals surface area contributed by atoms with Crippen molar-refractivity contribution in [1.82, 2.24) is 4.90 Å². The maximum atomic E-state index is 5.96.